The Hall–Kier alpha value is -2.82. The molecular weight excluding hydrogens is 340 g/mol. The van der Waals surface area contributed by atoms with E-state index < -0.39 is 6.04 Å². The zero-order chi connectivity index (χ0) is 19.8. The van der Waals surface area contributed by atoms with E-state index in [1.54, 1.807) is 13.2 Å². The molecule has 0 aromatic heterocycles. The number of aryl methyl sites for hydroxylation is 1. The summed E-state index contributed by atoms with van der Waals surface area (Å²) in [6.07, 6.45) is 0.565. The fourth-order valence-corrected chi connectivity index (χ4v) is 2.92. The summed E-state index contributed by atoms with van der Waals surface area (Å²) in [6, 6.07) is 14.3. The van der Waals surface area contributed by atoms with Gasteiger partial charge in [0, 0.05) is 17.7 Å². The van der Waals surface area contributed by atoms with E-state index in [0.717, 1.165) is 16.9 Å². The van der Waals surface area contributed by atoms with Gasteiger partial charge in [0.25, 0.3) is 5.91 Å². The van der Waals surface area contributed by atoms with Crippen molar-refractivity contribution in [3.05, 3.63) is 65.2 Å². The van der Waals surface area contributed by atoms with Crippen LogP contribution in [0.1, 0.15) is 41.8 Å². The molecule has 0 radical (unpaired) electrons. The van der Waals surface area contributed by atoms with Crippen molar-refractivity contribution >= 4 is 11.8 Å². The van der Waals surface area contributed by atoms with Crippen LogP contribution in [-0.2, 0) is 11.3 Å². The van der Waals surface area contributed by atoms with E-state index in [2.05, 4.69) is 10.6 Å². The van der Waals surface area contributed by atoms with Gasteiger partial charge in [-0.1, -0.05) is 50.2 Å². The van der Waals surface area contributed by atoms with Gasteiger partial charge >= 0.3 is 0 Å². The van der Waals surface area contributed by atoms with Gasteiger partial charge in [-0.2, -0.15) is 0 Å². The maximum atomic E-state index is 12.7. The van der Waals surface area contributed by atoms with Crippen molar-refractivity contribution in [3.8, 4) is 5.75 Å². The fraction of sp³-hybridized carbons (Fsp3) is 0.364. The van der Waals surface area contributed by atoms with Gasteiger partial charge in [-0.05, 0) is 37.0 Å². The van der Waals surface area contributed by atoms with Gasteiger partial charge in [0.05, 0.1) is 7.11 Å². The lowest BCUT2D eigenvalue weighted by atomic mass is 10.0. The third-order valence-corrected chi connectivity index (χ3v) is 4.36. The number of benzene rings is 2. The lowest BCUT2D eigenvalue weighted by Crippen LogP contribution is -2.47. The molecule has 2 amide bonds. The Morgan fingerprint density at radius 1 is 1.04 bits per heavy atom. The number of carbonyl (C=O) groups is 2. The third-order valence-electron chi connectivity index (χ3n) is 4.36. The first-order valence-electron chi connectivity index (χ1n) is 9.18. The van der Waals surface area contributed by atoms with Gasteiger partial charge < -0.3 is 15.4 Å². The number of hydrogen-bond donors (Lipinski definition) is 2. The van der Waals surface area contributed by atoms with E-state index in [0.29, 0.717) is 18.5 Å². The van der Waals surface area contributed by atoms with Crippen molar-refractivity contribution in [2.24, 2.45) is 5.92 Å². The number of methoxy groups -OCH3 is 1. The van der Waals surface area contributed by atoms with Crippen LogP contribution < -0.4 is 15.4 Å². The normalized spacial score (nSPS) is 11.7. The molecule has 0 aliphatic rings. The van der Waals surface area contributed by atoms with Crippen LogP contribution in [0, 0.1) is 12.8 Å². The average molecular weight is 368 g/mol. The zero-order valence-corrected chi connectivity index (χ0v) is 16.4. The molecule has 2 aromatic carbocycles. The minimum absolute atomic E-state index is 0.198. The first-order valence-corrected chi connectivity index (χ1v) is 9.18. The molecule has 2 rings (SSSR count). The molecule has 0 aliphatic carbocycles. The first-order chi connectivity index (χ1) is 12.9. The third kappa shape index (κ3) is 5.84. The number of nitrogens with one attached hydrogen (secondary N) is 2. The second-order valence-corrected chi connectivity index (χ2v) is 7.00. The van der Waals surface area contributed by atoms with Gasteiger partial charge in [-0.15, -0.1) is 0 Å². The van der Waals surface area contributed by atoms with E-state index in [1.807, 2.05) is 63.2 Å². The minimum Gasteiger partial charge on any atom is -0.496 e. The molecule has 0 saturated carbocycles. The lowest BCUT2D eigenvalue weighted by molar-refractivity contribution is -0.123. The van der Waals surface area contributed by atoms with Crippen LogP contribution >= 0.6 is 0 Å². The highest BCUT2D eigenvalue weighted by Crippen LogP contribution is 2.17. The molecule has 144 valence electrons. The Morgan fingerprint density at radius 3 is 2.37 bits per heavy atom. The van der Waals surface area contributed by atoms with Gasteiger partial charge in [-0.3, -0.25) is 9.59 Å². The molecule has 27 heavy (non-hydrogen) atoms. The van der Waals surface area contributed by atoms with Crippen molar-refractivity contribution in [2.75, 3.05) is 7.11 Å². The van der Waals surface area contributed by atoms with E-state index >= 15 is 0 Å². The van der Waals surface area contributed by atoms with Crippen LogP contribution in [0.5, 0.6) is 5.75 Å². The fourth-order valence-electron chi connectivity index (χ4n) is 2.92. The highest BCUT2D eigenvalue weighted by molar-refractivity contribution is 5.98. The second-order valence-electron chi connectivity index (χ2n) is 7.00. The summed E-state index contributed by atoms with van der Waals surface area (Å²) < 4.78 is 5.32. The molecule has 2 aromatic rings. The summed E-state index contributed by atoms with van der Waals surface area (Å²) in [7, 11) is 1.60. The molecule has 0 aliphatic heterocycles. The summed E-state index contributed by atoms with van der Waals surface area (Å²) in [5, 5.41) is 5.80. The largest absolute Gasteiger partial charge is 0.496 e. The Labute approximate surface area is 161 Å². The van der Waals surface area contributed by atoms with Crippen LogP contribution in [0.15, 0.2) is 48.5 Å². The maximum absolute atomic E-state index is 12.7. The monoisotopic (exact) mass is 368 g/mol. The zero-order valence-electron chi connectivity index (χ0n) is 16.4. The molecule has 0 unspecified atom stereocenters. The summed E-state index contributed by atoms with van der Waals surface area (Å²) in [5.74, 6) is 0.564. The molecule has 0 fully saturated rings. The molecule has 0 saturated heterocycles. The summed E-state index contributed by atoms with van der Waals surface area (Å²) in [4.78, 5) is 25.4. The highest BCUT2D eigenvalue weighted by atomic mass is 16.5. The van der Waals surface area contributed by atoms with Crippen LogP contribution in [0.2, 0.25) is 0 Å². The van der Waals surface area contributed by atoms with E-state index in [1.165, 1.54) is 0 Å². The molecule has 5 heteroatoms. The molecule has 0 spiro atoms. The van der Waals surface area contributed by atoms with Crippen molar-refractivity contribution < 1.29 is 14.3 Å². The van der Waals surface area contributed by atoms with E-state index in [9.17, 15) is 9.59 Å². The van der Waals surface area contributed by atoms with E-state index in [-0.39, 0.29) is 17.7 Å². The Bertz CT molecular complexity index is 787. The highest BCUT2D eigenvalue weighted by Gasteiger charge is 2.23. The van der Waals surface area contributed by atoms with Gasteiger partial charge in [0.1, 0.15) is 11.8 Å². The van der Waals surface area contributed by atoms with Crippen LogP contribution in [0.25, 0.3) is 0 Å². The Morgan fingerprint density at radius 2 is 1.70 bits per heavy atom. The first kappa shape index (κ1) is 20.5. The molecule has 5 nitrogen and oxygen atoms in total. The lowest BCUT2D eigenvalue weighted by Gasteiger charge is -2.21. The minimum atomic E-state index is -0.591. The number of hydrogen-bond acceptors (Lipinski definition) is 3. The Balaban J connectivity index is 2.07. The van der Waals surface area contributed by atoms with Crippen molar-refractivity contribution in [1.29, 1.82) is 0 Å². The smallest absolute Gasteiger partial charge is 0.252 e. The number of carbonyl (C=O) groups excluding carboxylic acids is 2. The van der Waals surface area contributed by atoms with Crippen molar-refractivity contribution in [2.45, 2.75) is 39.8 Å². The molecular formula is C22H28N2O3. The number of amides is 2. The van der Waals surface area contributed by atoms with E-state index in [4.69, 9.17) is 4.74 Å². The second kappa shape index (κ2) is 9.76. The summed E-state index contributed by atoms with van der Waals surface area (Å²) in [6.45, 7) is 6.28. The SMILES string of the molecule is COc1ccccc1CNC(=O)[C@H](CC(C)C)NC(=O)c1ccccc1C. The predicted octanol–water partition coefficient (Wildman–Crippen LogP) is 3.46. The van der Waals surface area contributed by atoms with Gasteiger partial charge in [0.2, 0.25) is 5.91 Å². The topological polar surface area (TPSA) is 67.4 Å². The maximum Gasteiger partial charge on any atom is 0.252 e. The number of para-hydroxylation sites is 1. The predicted molar refractivity (Wildman–Crippen MR) is 107 cm³/mol. The number of ether oxygens (including phenoxy) is 1. The molecule has 0 heterocycles. The molecule has 1 atom stereocenters. The average Bonchev–Trinajstić information content (AvgIpc) is 2.65. The van der Waals surface area contributed by atoms with Crippen LogP contribution in [0.3, 0.4) is 0 Å². The summed E-state index contributed by atoms with van der Waals surface area (Å²) >= 11 is 0. The van der Waals surface area contributed by atoms with Gasteiger partial charge in [-0.25, -0.2) is 0 Å². The van der Waals surface area contributed by atoms with Crippen LogP contribution in [-0.4, -0.2) is 25.0 Å². The molecule has 0 bridgehead atoms. The van der Waals surface area contributed by atoms with Crippen molar-refractivity contribution in [3.63, 3.8) is 0 Å². The molecule has 2 N–H and O–H groups in total. The number of rotatable bonds is 8. The van der Waals surface area contributed by atoms with Crippen LogP contribution in [0.4, 0.5) is 0 Å². The standard InChI is InChI=1S/C22H28N2O3/c1-15(2)13-19(24-21(25)18-11-7-5-9-16(18)3)22(26)23-14-17-10-6-8-12-20(17)27-4/h5-12,15,19H,13-14H2,1-4H3,(H,23,26)(H,24,25)/t19-/m0/s1. The summed E-state index contributed by atoms with van der Waals surface area (Å²) in [5.41, 5.74) is 2.36. The quantitative estimate of drug-likeness (QED) is 0.750. The van der Waals surface area contributed by atoms with Crippen molar-refractivity contribution in [1.82, 2.24) is 10.6 Å². The Kier molecular flexibility index (Phi) is 7.41. The van der Waals surface area contributed by atoms with Gasteiger partial charge in [0.15, 0.2) is 0 Å².